The summed E-state index contributed by atoms with van der Waals surface area (Å²) < 4.78 is 13.1. The van der Waals surface area contributed by atoms with Gasteiger partial charge in [0.25, 0.3) is 0 Å². The maximum atomic E-state index is 13.1. The van der Waals surface area contributed by atoms with Crippen molar-refractivity contribution in [3.63, 3.8) is 0 Å². The Labute approximate surface area is 116 Å². The largest absolute Gasteiger partial charge is 0.381 e. The molecule has 20 heavy (non-hydrogen) atoms. The van der Waals surface area contributed by atoms with Crippen molar-refractivity contribution in [2.75, 3.05) is 5.32 Å². The summed E-state index contributed by atoms with van der Waals surface area (Å²) in [7, 11) is 0. The lowest BCUT2D eigenvalue weighted by Crippen LogP contribution is -2.01. The predicted octanol–water partition coefficient (Wildman–Crippen LogP) is 3.93. The molecule has 0 saturated carbocycles. The van der Waals surface area contributed by atoms with Gasteiger partial charge in [-0.05, 0) is 55.3 Å². The number of nitrogens with one attached hydrogen (secondary N) is 2. The van der Waals surface area contributed by atoms with Crippen molar-refractivity contribution in [2.45, 2.75) is 20.4 Å². The minimum atomic E-state index is -0.194. The van der Waals surface area contributed by atoms with Gasteiger partial charge < -0.3 is 10.3 Å². The molecule has 2 N–H and O–H groups in total. The Morgan fingerprint density at radius 1 is 1.15 bits per heavy atom. The van der Waals surface area contributed by atoms with E-state index in [2.05, 4.69) is 15.3 Å². The minimum Gasteiger partial charge on any atom is -0.381 e. The van der Waals surface area contributed by atoms with Gasteiger partial charge in [-0.1, -0.05) is 6.07 Å². The van der Waals surface area contributed by atoms with Crippen molar-refractivity contribution in [3.05, 3.63) is 59.2 Å². The Morgan fingerprint density at radius 2 is 2.00 bits per heavy atom. The molecule has 0 atom stereocenters. The highest BCUT2D eigenvalue weighted by Crippen LogP contribution is 2.18. The fourth-order valence-corrected chi connectivity index (χ4v) is 2.30. The van der Waals surface area contributed by atoms with Crippen LogP contribution in [-0.4, -0.2) is 9.97 Å². The second-order valence-corrected chi connectivity index (χ2v) is 4.98. The summed E-state index contributed by atoms with van der Waals surface area (Å²) >= 11 is 0. The van der Waals surface area contributed by atoms with E-state index >= 15 is 0 Å². The van der Waals surface area contributed by atoms with Gasteiger partial charge in [0.05, 0.1) is 11.0 Å². The van der Waals surface area contributed by atoms with Crippen LogP contribution in [0.4, 0.5) is 10.1 Å². The van der Waals surface area contributed by atoms with E-state index in [1.165, 1.54) is 6.07 Å². The van der Waals surface area contributed by atoms with Crippen LogP contribution in [-0.2, 0) is 6.54 Å². The fraction of sp³-hybridized carbons (Fsp3) is 0.188. The summed E-state index contributed by atoms with van der Waals surface area (Å²) in [4.78, 5) is 7.59. The third-order valence-electron chi connectivity index (χ3n) is 3.39. The van der Waals surface area contributed by atoms with Crippen LogP contribution in [0.15, 0.2) is 36.4 Å². The van der Waals surface area contributed by atoms with E-state index in [9.17, 15) is 4.39 Å². The molecular formula is C16H16FN3. The Kier molecular flexibility index (Phi) is 3.14. The van der Waals surface area contributed by atoms with Gasteiger partial charge in [0.15, 0.2) is 0 Å². The summed E-state index contributed by atoms with van der Waals surface area (Å²) in [5, 5.41) is 3.35. The average Bonchev–Trinajstić information content (AvgIpc) is 2.77. The Balaban J connectivity index is 1.79. The Bertz CT molecular complexity index is 762. The third kappa shape index (κ3) is 2.50. The lowest BCUT2D eigenvalue weighted by molar-refractivity contribution is 0.625. The molecule has 0 aliphatic carbocycles. The molecule has 0 unspecified atom stereocenters. The molecule has 0 saturated heterocycles. The molecule has 3 nitrogen and oxygen atoms in total. The molecule has 1 aromatic heterocycles. The van der Waals surface area contributed by atoms with E-state index in [0.717, 1.165) is 33.7 Å². The number of imidazole rings is 1. The van der Waals surface area contributed by atoms with E-state index in [0.29, 0.717) is 6.54 Å². The first-order valence-electron chi connectivity index (χ1n) is 6.57. The number of halogens is 1. The van der Waals surface area contributed by atoms with E-state index in [-0.39, 0.29) is 5.82 Å². The highest BCUT2D eigenvalue weighted by Gasteiger charge is 2.03. The van der Waals surface area contributed by atoms with Gasteiger partial charge >= 0.3 is 0 Å². The predicted molar refractivity (Wildman–Crippen MR) is 79.3 cm³/mol. The van der Waals surface area contributed by atoms with Gasteiger partial charge in [-0.2, -0.15) is 0 Å². The van der Waals surface area contributed by atoms with E-state index in [1.54, 1.807) is 6.07 Å². The van der Waals surface area contributed by atoms with E-state index in [1.807, 2.05) is 38.1 Å². The zero-order valence-electron chi connectivity index (χ0n) is 11.5. The van der Waals surface area contributed by atoms with Crippen molar-refractivity contribution in [1.29, 1.82) is 0 Å². The van der Waals surface area contributed by atoms with Gasteiger partial charge in [-0.25, -0.2) is 9.37 Å². The monoisotopic (exact) mass is 269 g/mol. The number of hydrogen-bond acceptors (Lipinski definition) is 2. The normalized spacial score (nSPS) is 10.9. The Hall–Kier alpha value is -2.36. The number of fused-ring (bicyclic) bond motifs is 1. The molecule has 0 fully saturated rings. The van der Waals surface area contributed by atoms with Crippen molar-refractivity contribution < 1.29 is 4.39 Å². The van der Waals surface area contributed by atoms with Gasteiger partial charge in [-0.15, -0.1) is 0 Å². The second-order valence-electron chi connectivity index (χ2n) is 4.98. The molecule has 102 valence electrons. The molecular weight excluding hydrogens is 253 g/mol. The van der Waals surface area contributed by atoms with Crippen molar-refractivity contribution in [3.8, 4) is 0 Å². The molecule has 3 aromatic rings. The lowest BCUT2D eigenvalue weighted by Gasteiger charge is -2.09. The number of aromatic nitrogens is 2. The van der Waals surface area contributed by atoms with Crippen LogP contribution < -0.4 is 5.32 Å². The van der Waals surface area contributed by atoms with Gasteiger partial charge in [-0.3, -0.25) is 0 Å². The topological polar surface area (TPSA) is 40.7 Å². The molecule has 1 heterocycles. The molecule has 3 rings (SSSR count). The first-order chi connectivity index (χ1) is 9.61. The van der Waals surface area contributed by atoms with Crippen LogP contribution in [0.25, 0.3) is 11.0 Å². The van der Waals surface area contributed by atoms with Crippen LogP contribution in [0, 0.1) is 19.7 Å². The molecule has 0 aliphatic rings. The molecule has 0 bridgehead atoms. The lowest BCUT2D eigenvalue weighted by atomic mass is 10.1. The van der Waals surface area contributed by atoms with Crippen LogP contribution in [0.2, 0.25) is 0 Å². The van der Waals surface area contributed by atoms with Gasteiger partial charge in [0, 0.05) is 12.2 Å². The second kappa shape index (κ2) is 4.96. The zero-order chi connectivity index (χ0) is 14.1. The summed E-state index contributed by atoms with van der Waals surface area (Å²) in [6.45, 7) is 4.53. The average molecular weight is 269 g/mol. The Morgan fingerprint density at radius 3 is 2.80 bits per heavy atom. The first-order valence-corrected chi connectivity index (χ1v) is 6.57. The molecule has 0 aliphatic heterocycles. The van der Waals surface area contributed by atoms with Crippen molar-refractivity contribution in [1.82, 2.24) is 9.97 Å². The first kappa shape index (κ1) is 12.7. The van der Waals surface area contributed by atoms with Crippen LogP contribution >= 0.6 is 0 Å². The molecule has 2 aromatic carbocycles. The third-order valence-corrected chi connectivity index (χ3v) is 3.39. The van der Waals surface area contributed by atoms with Crippen molar-refractivity contribution >= 4 is 16.7 Å². The fourth-order valence-electron chi connectivity index (χ4n) is 2.30. The van der Waals surface area contributed by atoms with Gasteiger partial charge in [0.2, 0.25) is 0 Å². The number of aryl methyl sites for hydroxylation is 2. The van der Waals surface area contributed by atoms with Crippen LogP contribution in [0.1, 0.15) is 17.0 Å². The molecule has 4 heteroatoms. The summed E-state index contributed by atoms with van der Waals surface area (Å²) in [5.41, 5.74) is 5.04. The molecule has 0 spiro atoms. The number of anilines is 1. The standard InChI is InChI=1S/C16H16FN3/c1-10-7-13(17)4-3-12(10)9-18-14-5-6-15-16(8-14)20-11(2)19-15/h3-8,18H,9H2,1-2H3,(H,19,20). The SMILES string of the molecule is Cc1nc2ccc(NCc3ccc(F)cc3C)cc2[nH]1. The minimum absolute atomic E-state index is 0.194. The number of nitrogens with zero attached hydrogens (tertiary/aromatic N) is 1. The number of benzene rings is 2. The van der Waals surface area contributed by atoms with Gasteiger partial charge in [0.1, 0.15) is 11.6 Å². The van der Waals surface area contributed by atoms with Crippen LogP contribution in [0.5, 0.6) is 0 Å². The number of hydrogen-bond donors (Lipinski definition) is 2. The maximum absolute atomic E-state index is 13.1. The quantitative estimate of drug-likeness (QED) is 0.756. The van der Waals surface area contributed by atoms with Crippen LogP contribution in [0.3, 0.4) is 0 Å². The summed E-state index contributed by atoms with van der Waals surface area (Å²) in [6, 6.07) is 10.9. The number of H-pyrrole nitrogens is 1. The highest BCUT2D eigenvalue weighted by molar-refractivity contribution is 5.79. The van der Waals surface area contributed by atoms with E-state index in [4.69, 9.17) is 0 Å². The smallest absolute Gasteiger partial charge is 0.123 e. The molecule has 0 amide bonds. The van der Waals surface area contributed by atoms with E-state index < -0.39 is 0 Å². The number of aromatic amines is 1. The van der Waals surface area contributed by atoms with Crippen molar-refractivity contribution in [2.24, 2.45) is 0 Å². The summed E-state index contributed by atoms with van der Waals surface area (Å²) in [5.74, 6) is 0.715. The summed E-state index contributed by atoms with van der Waals surface area (Å²) in [6.07, 6.45) is 0. The highest BCUT2D eigenvalue weighted by atomic mass is 19.1. The maximum Gasteiger partial charge on any atom is 0.123 e. The molecule has 0 radical (unpaired) electrons. The zero-order valence-corrected chi connectivity index (χ0v) is 11.5. The number of rotatable bonds is 3.